The van der Waals surface area contributed by atoms with Crippen molar-refractivity contribution >= 4 is 12.6 Å². The first-order valence-corrected chi connectivity index (χ1v) is 3.31. The fraction of sp³-hybridized carbons (Fsp3) is 0.250. The highest BCUT2D eigenvalue weighted by molar-refractivity contribution is 5.71. The zero-order chi connectivity index (χ0) is 8.53. The summed E-state index contributed by atoms with van der Waals surface area (Å²) in [4.78, 5) is 13.7. The number of hydrogen-bond donors (Lipinski definition) is 1. The molecule has 3 heteroatoms. The van der Waals surface area contributed by atoms with Gasteiger partial charge >= 0.3 is 0 Å². The van der Waals surface area contributed by atoms with Gasteiger partial charge in [0.25, 0.3) is 0 Å². The molecule has 0 radical (unpaired) electrons. The van der Waals surface area contributed by atoms with Gasteiger partial charge in [-0.3, -0.25) is 9.79 Å². The molecule has 0 aliphatic rings. The van der Waals surface area contributed by atoms with Crippen molar-refractivity contribution in [3.63, 3.8) is 0 Å². The molecule has 0 aliphatic carbocycles. The molecule has 0 rings (SSSR count). The van der Waals surface area contributed by atoms with E-state index in [1.807, 2.05) is 13.0 Å². The molecule has 0 aromatic rings. The van der Waals surface area contributed by atoms with Crippen molar-refractivity contribution in [1.29, 1.82) is 0 Å². The van der Waals surface area contributed by atoms with Crippen LogP contribution >= 0.6 is 0 Å². The fourth-order valence-corrected chi connectivity index (χ4v) is 0.440. The smallest absolute Gasteiger partial charge is 0.207 e. The van der Waals surface area contributed by atoms with Crippen LogP contribution in [0.4, 0.5) is 0 Å². The maximum atomic E-state index is 9.82. The predicted molar refractivity (Wildman–Crippen MR) is 46.5 cm³/mol. The molecule has 0 unspecified atom stereocenters. The molecule has 1 amide bonds. The molecule has 0 saturated carbocycles. The molecular weight excluding hydrogens is 140 g/mol. The lowest BCUT2D eigenvalue weighted by Crippen LogP contribution is -2.12. The van der Waals surface area contributed by atoms with Crippen LogP contribution < -0.4 is 5.32 Å². The van der Waals surface area contributed by atoms with Crippen LogP contribution in [-0.4, -0.2) is 19.2 Å². The molecule has 0 aromatic heterocycles. The van der Waals surface area contributed by atoms with E-state index in [0.717, 1.165) is 0 Å². The lowest BCUT2D eigenvalue weighted by molar-refractivity contribution is -0.109. The molecule has 1 N–H and O–H groups in total. The van der Waals surface area contributed by atoms with Crippen LogP contribution in [0.2, 0.25) is 0 Å². The number of aliphatic imine (C=N–C) groups is 1. The van der Waals surface area contributed by atoms with Crippen molar-refractivity contribution in [3.05, 3.63) is 24.4 Å². The van der Waals surface area contributed by atoms with Crippen molar-refractivity contribution in [2.24, 2.45) is 4.99 Å². The SMILES string of the molecule is C=C(CNC=O)N=C/C=C\C. The third-order valence-corrected chi connectivity index (χ3v) is 0.925. The molecule has 0 spiro atoms. The summed E-state index contributed by atoms with van der Waals surface area (Å²) < 4.78 is 0. The Balaban J connectivity index is 3.59. The van der Waals surface area contributed by atoms with Crippen molar-refractivity contribution in [1.82, 2.24) is 5.32 Å². The molecule has 3 nitrogen and oxygen atoms in total. The van der Waals surface area contributed by atoms with Gasteiger partial charge in [0, 0.05) is 6.21 Å². The maximum absolute atomic E-state index is 9.82. The number of nitrogens with one attached hydrogen (secondary N) is 1. The Labute approximate surface area is 66.5 Å². The van der Waals surface area contributed by atoms with Gasteiger partial charge in [-0.05, 0) is 13.0 Å². The Morgan fingerprint density at radius 2 is 2.45 bits per heavy atom. The molecule has 0 fully saturated rings. The maximum Gasteiger partial charge on any atom is 0.207 e. The van der Waals surface area contributed by atoms with Gasteiger partial charge in [0.05, 0.1) is 12.2 Å². The number of nitrogens with zero attached hydrogens (tertiary/aromatic N) is 1. The van der Waals surface area contributed by atoms with Crippen LogP contribution in [0.1, 0.15) is 6.92 Å². The highest BCUT2D eigenvalue weighted by Crippen LogP contribution is 1.86. The fourth-order valence-electron chi connectivity index (χ4n) is 0.440. The normalized spacial score (nSPS) is 10.6. The molecule has 11 heavy (non-hydrogen) atoms. The van der Waals surface area contributed by atoms with Gasteiger partial charge in [0.2, 0.25) is 6.41 Å². The Bertz CT molecular complexity index is 183. The van der Waals surface area contributed by atoms with E-state index in [1.165, 1.54) is 0 Å². The summed E-state index contributed by atoms with van der Waals surface area (Å²) in [6.07, 6.45) is 5.92. The van der Waals surface area contributed by atoms with Gasteiger partial charge in [-0.15, -0.1) is 0 Å². The molecule has 0 atom stereocenters. The van der Waals surface area contributed by atoms with Crippen LogP contribution in [0.3, 0.4) is 0 Å². The lowest BCUT2D eigenvalue weighted by atomic mass is 10.5. The Morgan fingerprint density at radius 3 is 3.00 bits per heavy atom. The zero-order valence-electron chi connectivity index (χ0n) is 6.58. The first-order chi connectivity index (χ1) is 5.31. The van der Waals surface area contributed by atoms with E-state index in [9.17, 15) is 4.79 Å². The van der Waals surface area contributed by atoms with E-state index in [2.05, 4.69) is 16.9 Å². The van der Waals surface area contributed by atoms with E-state index in [0.29, 0.717) is 18.7 Å². The van der Waals surface area contributed by atoms with Crippen LogP contribution in [-0.2, 0) is 4.79 Å². The number of amides is 1. The Hall–Kier alpha value is -1.38. The summed E-state index contributed by atoms with van der Waals surface area (Å²) in [6, 6.07) is 0. The van der Waals surface area contributed by atoms with E-state index in [4.69, 9.17) is 0 Å². The van der Waals surface area contributed by atoms with Crippen molar-refractivity contribution in [2.45, 2.75) is 6.92 Å². The molecule has 0 heterocycles. The summed E-state index contributed by atoms with van der Waals surface area (Å²) in [5, 5.41) is 2.46. The Morgan fingerprint density at radius 1 is 1.73 bits per heavy atom. The largest absolute Gasteiger partial charge is 0.353 e. The average molecular weight is 152 g/mol. The lowest BCUT2D eigenvalue weighted by Gasteiger charge is -1.94. The first-order valence-electron chi connectivity index (χ1n) is 3.31. The summed E-state index contributed by atoms with van der Waals surface area (Å²) in [7, 11) is 0. The molecule has 0 aliphatic heterocycles. The van der Waals surface area contributed by atoms with Gasteiger partial charge in [0.15, 0.2) is 0 Å². The van der Waals surface area contributed by atoms with Crippen LogP contribution in [0.5, 0.6) is 0 Å². The van der Waals surface area contributed by atoms with Gasteiger partial charge in [-0.1, -0.05) is 12.7 Å². The molecular formula is C8H12N2O. The average Bonchev–Trinajstić information content (AvgIpc) is 2.01. The van der Waals surface area contributed by atoms with E-state index in [-0.39, 0.29) is 0 Å². The topological polar surface area (TPSA) is 41.5 Å². The van der Waals surface area contributed by atoms with Gasteiger partial charge in [-0.2, -0.15) is 0 Å². The van der Waals surface area contributed by atoms with Crippen molar-refractivity contribution in [2.75, 3.05) is 6.54 Å². The standard InChI is InChI=1S/C8H12N2O/c1-3-4-5-10-8(2)6-9-7-11/h3-5,7H,2,6H2,1H3,(H,9,11)/b4-3-,10-5?. The highest BCUT2D eigenvalue weighted by Gasteiger charge is 1.84. The Kier molecular flexibility index (Phi) is 5.89. The van der Waals surface area contributed by atoms with Crippen molar-refractivity contribution < 1.29 is 4.79 Å². The summed E-state index contributed by atoms with van der Waals surface area (Å²) >= 11 is 0. The highest BCUT2D eigenvalue weighted by atomic mass is 16.1. The number of carbonyl (C=O) groups excluding carboxylic acids is 1. The van der Waals surface area contributed by atoms with E-state index in [1.54, 1.807) is 12.3 Å². The zero-order valence-corrected chi connectivity index (χ0v) is 6.58. The predicted octanol–water partition coefficient (Wildman–Crippen LogP) is 0.893. The minimum atomic E-state index is 0.400. The van der Waals surface area contributed by atoms with Crippen LogP contribution in [0, 0.1) is 0 Å². The second kappa shape index (κ2) is 6.74. The second-order valence-electron chi connectivity index (χ2n) is 1.87. The van der Waals surface area contributed by atoms with Gasteiger partial charge < -0.3 is 5.32 Å². The quantitative estimate of drug-likeness (QED) is 0.461. The molecule has 0 bridgehead atoms. The number of allylic oxidation sites excluding steroid dienone is 2. The third kappa shape index (κ3) is 6.51. The molecule has 60 valence electrons. The minimum absolute atomic E-state index is 0.400. The summed E-state index contributed by atoms with van der Waals surface area (Å²) in [5.41, 5.74) is 0.634. The summed E-state index contributed by atoms with van der Waals surface area (Å²) in [6.45, 7) is 5.91. The van der Waals surface area contributed by atoms with Gasteiger partial charge in [0.1, 0.15) is 0 Å². The number of rotatable bonds is 5. The van der Waals surface area contributed by atoms with Crippen molar-refractivity contribution in [3.8, 4) is 0 Å². The second-order valence-corrected chi connectivity index (χ2v) is 1.87. The minimum Gasteiger partial charge on any atom is -0.353 e. The van der Waals surface area contributed by atoms with Crippen LogP contribution in [0.25, 0.3) is 0 Å². The number of hydrogen-bond acceptors (Lipinski definition) is 2. The summed E-state index contributed by atoms with van der Waals surface area (Å²) in [5.74, 6) is 0. The van der Waals surface area contributed by atoms with Crippen LogP contribution in [0.15, 0.2) is 29.4 Å². The monoisotopic (exact) mass is 152 g/mol. The third-order valence-electron chi connectivity index (χ3n) is 0.925. The molecule has 0 saturated heterocycles. The van der Waals surface area contributed by atoms with E-state index >= 15 is 0 Å². The number of carbonyl (C=O) groups is 1. The van der Waals surface area contributed by atoms with E-state index < -0.39 is 0 Å². The molecule has 0 aromatic carbocycles. The van der Waals surface area contributed by atoms with Gasteiger partial charge in [-0.25, -0.2) is 0 Å². The first kappa shape index (κ1) is 9.62.